The predicted molar refractivity (Wildman–Crippen MR) is 114 cm³/mol. The summed E-state index contributed by atoms with van der Waals surface area (Å²) in [4.78, 5) is 33.2. The number of hydrazone groups is 1. The number of anilines is 1. The minimum absolute atomic E-state index is 0.0547. The lowest BCUT2D eigenvalue weighted by molar-refractivity contribution is -0.385. The molecule has 1 N–H and O–H groups in total. The number of carbonyl (C=O) groups excluding carboxylic acids is 1. The second-order valence-electron chi connectivity index (χ2n) is 6.42. The van der Waals surface area contributed by atoms with Gasteiger partial charge in [-0.25, -0.2) is 4.79 Å². The van der Waals surface area contributed by atoms with Gasteiger partial charge in [0.15, 0.2) is 0 Å². The predicted octanol–water partition coefficient (Wildman–Crippen LogP) is 4.48. The maximum absolute atomic E-state index is 12.3. The Bertz CT molecular complexity index is 1170. The van der Waals surface area contributed by atoms with Crippen LogP contribution in [-0.4, -0.2) is 22.0 Å². The number of rotatable bonds is 7. The van der Waals surface area contributed by atoms with Gasteiger partial charge in [0, 0.05) is 23.8 Å². The summed E-state index contributed by atoms with van der Waals surface area (Å²) in [6.45, 7) is 1.82. The van der Waals surface area contributed by atoms with E-state index in [1.807, 2.05) is 13.0 Å². The number of non-ortho nitro benzene ring substituents is 1. The molecule has 0 amide bonds. The standard InChI is InChI=1S/C21H16N4O6/c1-14-3-2-4-16(11-14)21(26)31-20-10-5-15(12-19(20)25(29)30)13-22-23-17-6-8-18(9-7-17)24(27)28/h2-13,23H,1H3/b22-13+. The minimum atomic E-state index is -0.701. The summed E-state index contributed by atoms with van der Waals surface area (Å²) in [6, 6.07) is 16.3. The molecule has 0 unspecified atom stereocenters. The third kappa shape index (κ3) is 5.48. The van der Waals surface area contributed by atoms with Gasteiger partial charge in [-0.2, -0.15) is 5.10 Å². The fourth-order valence-electron chi connectivity index (χ4n) is 2.61. The van der Waals surface area contributed by atoms with E-state index in [9.17, 15) is 25.0 Å². The number of hydrogen-bond donors (Lipinski definition) is 1. The summed E-state index contributed by atoms with van der Waals surface area (Å²) in [5.74, 6) is -0.884. The Morgan fingerprint density at radius 3 is 2.39 bits per heavy atom. The molecule has 0 bridgehead atoms. The molecule has 0 aliphatic rings. The molecule has 0 aromatic heterocycles. The minimum Gasteiger partial charge on any atom is -0.416 e. The average molecular weight is 420 g/mol. The lowest BCUT2D eigenvalue weighted by Crippen LogP contribution is -2.10. The second kappa shape index (κ2) is 9.27. The Labute approximate surface area is 176 Å². The van der Waals surface area contributed by atoms with Crippen LogP contribution in [0.4, 0.5) is 17.1 Å². The molecule has 3 aromatic rings. The summed E-state index contributed by atoms with van der Waals surface area (Å²) in [7, 11) is 0. The monoisotopic (exact) mass is 420 g/mol. The van der Waals surface area contributed by atoms with Gasteiger partial charge in [0.05, 0.1) is 27.3 Å². The van der Waals surface area contributed by atoms with E-state index in [1.54, 1.807) is 18.2 Å². The Morgan fingerprint density at radius 1 is 1.00 bits per heavy atom. The highest BCUT2D eigenvalue weighted by molar-refractivity contribution is 5.92. The third-order valence-corrected chi connectivity index (χ3v) is 4.12. The van der Waals surface area contributed by atoms with Gasteiger partial charge in [-0.15, -0.1) is 0 Å². The fourth-order valence-corrected chi connectivity index (χ4v) is 2.61. The molecule has 0 fully saturated rings. The molecule has 0 radical (unpaired) electrons. The molecular formula is C21H16N4O6. The van der Waals surface area contributed by atoms with Gasteiger partial charge in [-0.3, -0.25) is 25.7 Å². The number of aryl methyl sites for hydroxylation is 1. The summed E-state index contributed by atoms with van der Waals surface area (Å²) >= 11 is 0. The van der Waals surface area contributed by atoms with Gasteiger partial charge in [0.1, 0.15) is 0 Å². The second-order valence-corrected chi connectivity index (χ2v) is 6.42. The van der Waals surface area contributed by atoms with E-state index < -0.39 is 15.8 Å². The van der Waals surface area contributed by atoms with Crippen LogP contribution in [0.15, 0.2) is 71.8 Å². The van der Waals surface area contributed by atoms with Crippen molar-refractivity contribution in [1.29, 1.82) is 0 Å². The number of benzene rings is 3. The van der Waals surface area contributed by atoms with Crippen LogP contribution in [0.2, 0.25) is 0 Å². The molecule has 0 aliphatic heterocycles. The van der Waals surface area contributed by atoms with Gasteiger partial charge in [-0.1, -0.05) is 17.7 Å². The molecule has 0 atom stereocenters. The third-order valence-electron chi connectivity index (χ3n) is 4.12. The number of nitrogens with zero attached hydrogens (tertiary/aromatic N) is 3. The highest BCUT2D eigenvalue weighted by Crippen LogP contribution is 2.28. The van der Waals surface area contributed by atoms with Crippen molar-refractivity contribution < 1.29 is 19.4 Å². The molecule has 0 aliphatic carbocycles. The Morgan fingerprint density at radius 2 is 1.74 bits per heavy atom. The van der Waals surface area contributed by atoms with Crippen LogP contribution in [0, 0.1) is 27.2 Å². The number of nitro benzene ring substituents is 2. The van der Waals surface area contributed by atoms with Crippen LogP contribution in [0.3, 0.4) is 0 Å². The fraction of sp³-hybridized carbons (Fsp3) is 0.0476. The van der Waals surface area contributed by atoms with Crippen LogP contribution < -0.4 is 10.2 Å². The first-order valence-electron chi connectivity index (χ1n) is 8.94. The molecule has 0 saturated heterocycles. The highest BCUT2D eigenvalue weighted by Gasteiger charge is 2.19. The van der Waals surface area contributed by atoms with E-state index in [0.717, 1.165) is 5.56 Å². The van der Waals surface area contributed by atoms with Crippen LogP contribution in [0.1, 0.15) is 21.5 Å². The van der Waals surface area contributed by atoms with Crippen LogP contribution >= 0.6 is 0 Å². The smallest absolute Gasteiger partial charge is 0.343 e. The van der Waals surface area contributed by atoms with E-state index in [-0.39, 0.29) is 22.7 Å². The molecule has 10 nitrogen and oxygen atoms in total. The van der Waals surface area contributed by atoms with Crippen molar-refractivity contribution >= 4 is 29.2 Å². The van der Waals surface area contributed by atoms with E-state index in [2.05, 4.69) is 10.5 Å². The quantitative estimate of drug-likeness (QED) is 0.196. The van der Waals surface area contributed by atoms with E-state index in [4.69, 9.17) is 4.74 Å². The number of nitro groups is 2. The van der Waals surface area contributed by atoms with E-state index in [1.165, 1.54) is 48.7 Å². The summed E-state index contributed by atoms with van der Waals surface area (Å²) in [5, 5.41) is 26.0. The highest BCUT2D eigenvalue weighted by atomic mass is 16.6. The van der Waals surface area contributed by atoms with Crippen molar-refractivity contribution in [2.24, 2.45) is 5.10 Å². The van der Waals surface area contributed by atoms with Crippen molar-refractivity contribution in [2.45, 2.75) is 6.92 Å². The van der Waals surface area contributed by atoms with Gasteiger partial charge < -0.3 is 4.74 Å². The Kier molecular flexibility index (Phi) is 6.31. The van der Waals surface area contributed by atoms with Crippen molar-refractivity contribution in [3.8, 4) is 5.75 Å². The maximum Gasteiger partial charge on any atom is 0.343 e. The summed E-state index contributed by atoms with van der Waals surface area (Å²) in [5.41, 5.74) is 4.26. The summed E-state index contributed by atoms with van der Waals surface area (Å²) < 4.78 is 5.21. The molecule has 0 heterocycles. The molecule has 156 valence electrons. The van der Waals surface area contributed by atoms with Crippen LogP contribution in [0.5, 0.6) is 5.75 Å². The first kappa shape index (κ1) is 21.1. The van der Waals surface area contributed by atoms with E-state index >= 15 is 0 Å². The van der Waals surface area contributed by atoms with Crippen molar-refractivity contribution in [3.05, 3.63) is 104 Å². The number of esters is 1. The molecule has 3 aromatic carbocycles. The van der Waals surface area contributed by atoms with Gasteiger partial charge in [0.25, 0.3) is 5.69 Å². The average Bonchev–Trinajstić information content (AvgIpc) is 2.75. The number of nitrogens with one attached hydrogen (secondary N) is 1. The lowest BCUT2D eigenvalue weighted by atomic mass is 10.1. The molecule has 0 spiro atoms. The zero-order valence-corrected chi connectivity index (χ0v) is 16.2. The van der Waals surface area contributed by atoms with Crippen LogP contribution in [0.25, 0.3) is 0 Å². The first-order valence-corrected chi connectivity index (χ1v) is 8.94. The lowest BCUT2D eigenvalue weighted by Gasteiger charge is -2.06. The SMILES string of the molecule is Cc1cccc(C(=O)Oc2ccc(/C=N/Nc3ccc([N+](=O)[O-])cc3)cc2[N+](=O)[O-])c1. The number of ether oxygens (including phenoxy) is 1. The molecule has 10 heteroatoms. The molecular weight excluding hydrogens is 404 g/mol. The van der Waals surface area contributed by atoms with Gasteiger partial charge in [-0.05, 0) is 43.3 Å². The van der Waals surface area contributed by atoms with E-state index in [0.29, 0.717) is 11.3 Å². The van der Waals surface area contributed by atoms with Gasteiger partial charge >= 0.3 is 11.7 Å². The van der Waals surface area contributed by atoms with Gasteiger partial charge in [0.2, 0.25) is 5.75 Å². The van der Waals surface area contributed by atoms with Crippen molar-refractivity contribution in [2.75, 3.05) is 5.43 Å². The Hall–Kier alpha value is -4.60. The molecule has 0 saturated carbocycles. The molecule has 3 rings (SSSR count). The Balaban J connectivity index is 1.73. The van der Waals surface area contributed by atoms with Crippen LogP contribution in [-0.2, 0) is 0 Å². The van der Waals surface area contributed by atoms with Crippen molar-refractivity contribution in [1.82, 2.24) is 0 Å². The zero-order valence-electron chi connectivity index (χ0n) is 16.2. The largest absolute Gasteiger partial charge is 0.416 e. The zero-order chi connectivity index (χ0) is 22.4. The molecule has 31 heavy (non-hydrogen) atoms. The topological polar surface area (TPSA) is 137 Å². The number of carbonyl (C=O) groups is 1. The maximum atomic E-state index is 12.3. The van der Waals surface area contributed by atoms with Crippen molar-refractivity contribution in [3.63, 3.8) is 0 Å². The number of hydrogen-bond acceptors (Lipinski definition) is 8. The summed E-state index contributed by atoms with van der Waals surface area (Å²) in [6.07, 6.45) is 1.33. The first-order chi connectivity index (χ1) is 14.8. The normalized spacial score (nSPS) is 10.6.